The van der Waals surface area contributed by atoms with Crippen LogP contribution < -0.4 is 10.1 Å². The normalized spacial score (nSPS) is 22.2. The van der Waals surface area contributed by atoms with E-state index in [1.165, 1.54) is 0 Å². The predicted octanol–water partition coefficient (Wildman–Crippen LogP) is 2.05. The van der Waals surface area contributed by atoms with Crippen LogP contribution in [0.25, 0.3) is 0 Å². The third-order valence-corrected chi connectivity index (χ3v) is 3.34. The van der Waals surface area contributed by atoms with Gasteiger partial charge < -0.3 is 19.9 Å². The zero-order chi connectivity index (χ0) is 13.8. The molecule has 0 amide bonds. The Kier molecular flexibility index (Phi) is 4.27. The van der Waals surface area contributed by atoms with Gasteiger partial charge in [-0.3, -0.25) is 0 Å². The van der Waals surface area contributed by atoms with Crippen LogP contribution in [0.15, 0.2) is 18.2 Å². The molecule has 0 radical (unpaired) electrons. The molecule has 1 aromatic carbocycles. The van der Waals surface area contributed by atoms with E-state index in [1.54, 1.807) is 7.11 Å². The summed E-state index contributed by atoms with van der Waals surface area (Å²) in [7, 11) is 1.64. The lowest BCUT2D eigenvalue weighted by molar-refractivity contribution is -0.149. The summed E-state index contributed by atoms with van der Waals surface area (Å²) >= 11 is 0. The van der Waals surface area contributed by atoms with Crippen LogP contribution in [0.5, 0.6) is 5.75 Å². The summed E-state index contributed by atoms with van der Waals surface area (Å²) in [5, 5.41) is 12.2. The summed E-state index contributed by atoms with van der Waals surface area (Å²) in [6, 6.07) is 5.81. The van der Waals surface area contributed by atoms with Gasteiger partial charge in [-0.1, -0.05) is 0 Å². The molecule has 0 bridgehead atoms. The fourth-order valence-corrected chi connectivity index (χ4v) is 2.22. The second-order valence-electron chi connectivity index (χ2n) is 4.72. The van der Waals surface area contributed by atoms with E-state index in [-0.39, 0.29) is 6.10 Å². The zero-order valence-corrected chi connectivity index (χ0v) is 11.2. The van der Waals surface area contributed by atoms with E-state index in [9.17, 15) is 4.79 Å². The Morgan fingerprint density at radius 1 is 1.53 bits per heavy atom. The molecule has 2 rings (SSSR count). The number of ether oxygens (including phenoxy) is 2. The molecule has 1 aromatic rings. The van der Waals surface area contributed by atoms with Crippen molar-refractivity contribution in [3.63, 3.8) is 0 Å². The van der Waals surface area contributed by atoms with Crippen molar-refractivity contribution >= 4 is 11.7 Å². The van der Waals surface area contributed by atoms with Gasteiger partial charge in [0.15, 0.2) is 6.10 Å². The first-order valence-corrected chi connectivity index (χ1v) is 6.37. The number of nitrogens with one attached hydrogen (secondary N) is 1. The maximum atomic E-state index is 10.8. The Morgan fingerprint density at radius 2 is 2.32 bits per heavy atom. The van der Waals surface area contributed by atoms with E-state index >= 15 is 0 Å². The van der Waals surface area contributed by atoms with Gasteiger partial charge in [0, 0.05) is 12.2 Å². The largest absolute Gasteiger partial charge is 0.497 e. The van der Waals surface area contributed by atoms with E-state index in [1.807, 2.05) is 25.1 Å². The van der Waals surface area contributed by atoms with Crippen molar-refractivity contribution < 1.29 is 19.4 Å². The molecule has 0 aromatic heterocycles. The maximum Gasteiger partial charge on any atom is 0.332 e. The van der Waals surface area contributed by atoms with Crippen molar-refractivity contribution in [2.75, 3.05) is 19.0 Å². The third-order valence-electron chi connectivity index (χ3n) is 3.34. The lowest BCUT2D eigenvalue weighted by Gasteiger charge is -2.15. The van der Waals surface area contributed by atoms with E-state index in [0.29, 0.717) is 13.0 Å². The fraction of sp³-hybridized carbons (Fsp3) is 0.500. The molecular weight excluding hydrogens is 246 g/mol. The van der Waals surface area contributed by atoms with Gasteiger partial charge in [-0.2, -0.15) is 0 Å². The van der Waals surface area contributed by atoms with Gasteiger partial charge in [0.1, 0.15) is 5.75 Å². The Labute approximate surface area is 112 Å². The van der Waals surface area contributed by atoms with Crippen molar-refractivity contribution in [1.82, 2.24) is 0 Å². The van der Waals surface area contributed by atoms with Crippen molar-refractivity contribution in [3.8, 4) is 5.75 Å². The minimum atomic E-state index is -0.872. The number of aliphatic carboxylic acids is 1. The standard InChI is InChI=1S/C14H19NO4/c1-9-7-10(18-2)3-5-12(9)15-8-11-4-6-13(19-11)14(16)17/h3,5,7,11,13,15H,4,6,8H2,1-2H3,(H,16,17). The van der Waals surface area contributed by atoms with Gasteiger partial charge in [0.2, 0.25) is 0 Å². The van der Waals surface area contributed by atoms with Gasteiger partial charge in [0.05, 0.1) is 13.2 Å². The first-order chi connectivity index (χ1) is 9.10. The Bertz CT molecular complexity index is 461. The molecule has 0 spiro atoms. The lowest BCUT2D eigenvalue weighted by Crippen LogP contribution is -2.24. The average Bonchev–Trinajstić information content (AvgIpc) is 2.86. The number of carboxylic acids is 1. The molecule has 1 aliphatic rings. The molecule has 0 saturated carbocycles. The molecule has 5 heteroatoms. The second-order valence-corrected chi connectivity index (χ2v) is 4.72. The topological polar surface area (TPSA) is 67.8 Å². The fourth-order valence-electron chi connectivity index (χ4n) is 2.22. The Hall–Kier alpha value is -1.75. The van der Waals surface area contributed by atoms with Crippen LogP contribution in [0.4, 0.5) is 5.69 Å². The molecule has 2 atom stereocenters. The molecule has 1 saturated heterocycles. The van der Waals surface area contributed by atoms with Crippen LogP contribution in [0.1, 0.15) is 18.4 Å². The number of aryl methyl sites for hydroxylation is 1. The minimum Gasteiger partial charge on any atom is -0.497 e. The van der Waals surface area contributed by atoms with Gasteiger partial charge in [0.25, 0.3) is 0 Å². The van der Waals surface area contributed by atoms with Crippen molar-refractivity contribution in [1.29, 1.82) is 0 Å². The molecule has 19 heavy (non-hydrogen) atoms. The SMILES string of the molecule is COc1ccc(NCC2CCC(C(=O)O)O2)c(C)c1. The first kappa shape index (κ1) is 13.7. The number of benzene rings is 1. The van der Waals surface area contributed by atoms with Gasteiger partial charge >= 0.3 is 5.97 Å². The predicted molar refractivity (Wildman–Crippen MR) is 71.8 cm³/mol. The van der Waals surface area contributed by atoms with E-state index in [4.69, 9.17) is 14.6 Å². The van der Waals surface area contributed by atoms with Gasteiger partial charge in [-0.05, 0) is 43.5 Å². The van der Waals surface area contributed by atoms with Crippen LogP contribution in [0, 0.1) is 6.92 Å². The number of carboxylic acid groups (broad SMARTS) is 1. The van der Waals surface area contributed by atoms with Crippen LogP contribution >= 0.6 is 0 Å². The molecule has 5 nitrogen and oxygen atoms in total. The summed E-state index contributed by atoms with van der Waals surface area (Å²) in [6.07, 6.45) is 0.675. The minimum absolute atomic E-state index is 0.0393. The molecule has 2 unspecified atom stereocenters. The van der Waals surface area contributed by atoms with Crippen molar-refractivity contribution in [3.05, 3.63) is 23.8 Å². The number of methoxy groups -OCH3 is 1. The number of hydrogen-bond donors (Lipinski definition) is 2. The van der Waals surface area contributed by atoms with E-state index < -0.39 is 12.1 Å². The Morgan fingerprint density at radius 3 is 2.89 bits per heavy atom. The molecule has 1 aliphatic heterocycles. The maximum absolute atomic E-state index is 10.8. The highest BCUT2D eigenvalue weighted by molar-refractivity contribution is 5.72. The van der Waals surface area contributed by atoms with Crippen LogP contribution in [-0.2, 0) is 9.53 Å². The van der Waals surface area contributed by atoms with E-state index in [0.717, 1.165) is 23.4 Å². The molecule has 2 N–H and O–H groups in total. The zero-order valence-electron chi connectivity index (χ0n) is 11.2. The molecular formula is C14H19NO4. The monoisotopic (exact) mass is 265 g/mol. The second kappa shape index (κ2) is 5.93. The third kappa shape index (κ3) is 3.38. The molecule has 1 fully saturated rings. The van der Waals surface area contributed by atoms with Crippen molar-refractivity contribution in [2.24, 2.45) is 0 Å². The summed E-state index contributed by atoms with van der Waals surface area (Å²) in [4.78, 5) is 10.8. The van der Waals surface area contributed by atoms with Crippen LogP contribution in [0.3, 0.4) is 0 Å². The number of hydrogen-bond acceptors (Lipinski definition) is 4. The van der Waals surface area contributed by atoms with E-state index in [2.05, 4.69) is 5.32 Å². The van der Waals surface area contributed by atoms with Crippen LogP contribution in [0.2, 0.25) is 0 Å². The number of carbonyl (C=O) groups is 1. The summed E-state index contributed by atoms with van der Waals surface area (Å²) in [6.45, 7) is 2.62. The summed E-state index contributed by atoms with van der Waals surface area (Å²) in [5.41, 5.74) is 2.11. The lowest BCUT2D eigenvalue weighted by atomic mass is 10.1. The van der Waals surface area contributed by atoms with Gasteiger partial charge in [-0.25, -0.2) is 4.79 Å². The van der Waals surface area contributed by atoms with Crippen molar-refractivity contribution in [2.45, 2.75) is 32.0 Å². The number of rotatable bonds is 5. The molecule has 0 aliphatic carbocycles. The average molecular weight is 265 g/mol. The smallest absolute Gasteiger partial charge is 0.332 e. The number of anilines is 1. The summed E-state index contributed by atoms with van der Waals surface area (Å²) in [5.74, 6) is -0.0470. The highest BCUT2D eigenvalue weighted by atomic mass is 16.5. The quantitative estimate of drug-likeness (QED) is 0.852. The highest BCUT2D eigenvalue weighted by Crippen LogP contribution is 2.23. The van der Waals surface area contributed by atoms with Gasteiger partial charge in [-0.15, -0.1) is 0 Å². The van der Waals surface area contributed by atoms with Crippen LogP contribution in [-0.4, -0.2) is 36.9 Å². The molecule has 104 valence electrons. The molecule has 1 heterocycles. The highest BCUT2D eigenvalue weighted by Gasteiger charge is 2.30. The summed E-state index contributed by atoms with van der Waals surface area (Å²) < 4.78 is 10.6. The Balaban J connectivity index is 1.88. The first-order valence-electron chi connectivity index (χ1n) is 6.37.